The number of nitrogens with zero attached hydrogens (tertiary/aromatic N) is 3. The van der Waals surface area contributed by atoms with Crippen LogP contribution in [0.2, 0.25) is 0 Å². The van der Waals surface area contributed by atoms with Crippen LogP contribution < -0.4 is 11.2 Å². The van der Waals surface area contributed by atoms with Gasteiger partial charge in [0.05, 0.1) is 5.75 Å². The molecule has 1 amide bonds. The Morgan fingerprint density at radius 1 is 1.32 bits per heavy atom. The highest BCUT2D eigenvalue weighted by Crippen LogP contribution is 2.44. The maximum absolute atomic E-state index is 12.2. The molecule has 3 rings (SSSR count). The summed E-state index contributed by atoms with van der Waals surface area (Å²) in [6, 6.07) is 0.397. The lowest BCUT2D eigenvalue weighted by molar-refractivity contribution is -0.119. The summed E-state index contributed by atoms with van der Waals surface area (Å²) in [7, 11) is 0. The summed E-state index contributed by atoms with van der Waals surface area (Å²) in [5.74, 6) is 8.61. The molecule has 0 unspecified atom stereocenters. The highest BCUT2D eigenvalue weighted by atomic mass is 32.2. The van der Waals surface area contributed by atoms with Crippen LogP contribution in [-0.4, -0.2) is 32.6 Å². The SMILES string of the molecule is CC(C)(C)c1nnc(SCC(=O)NC(C2CC2)C2CC2)n1N. The molecule has 1 aromatic heterocycles. The average molecular weight is 323 g/mol. The Balaban J connectivity index is 1.53. The normalized spacial score (nSPS) is 18.7. The first kappa shape index (κ1) is 15.6. The van der Waals surface area contributed by atoms with Gasteiger partial charge < -0.3 is 11.2 Å². The van der Waals surface area contributed by atoms with Crippen molar-refractivity contribution < 1.29 is 4.79 Å². The predicted molar refractivity (Wildman–Crippen MR) is 87.0 cm³/mol. The van der Waals surface area contributed by atoms with E-state index in [4.69, 9.17) is 5.84 Å². The Morgan fingerprint density at radius 3 is 2.36 bits per heavy atom. The summed E-state index contributed by atoms with van der Waals surface area (Å²) in [4.78, 5) is 12.2. The molecule has 0 bridgehead atoms. The van der Waals surface area contributed by atoms with Crippen LogP contribution in [0, 0.1) is 11.8 Å². The van der Waals surface area contributed by atoms with Crippen molar-refractivity contribution in [3.63, 3.8) is 0 Å². The van der Waals surface area contributed by atoms with Crippen molar-refractivity contribution in [2.45, 2.75) is 63.1 Å². The zero-order valence-corrected chi connectivity index (χ0v) is 14.3. The Morgan fingerprint density at radius 2 is 1.91 bits per heavy atom. The Bertz CT molecular complexity index is 545. The number of hydrogen-bond acceptors (Lipinski definition) is 5. The second-order valence-electron chi connectivity index (χ2n) is 7.48. The molecule has 0 spiro atoms. The van der Waals surface area contributed by atoms with Gasteiger partial charge in [-0.05, 0) is 37.5 Å². The van der Waals surface area contributed by atoms with Crippen molar-refractivity contribution in [3.05, 3.63) is 5.82 Å². The third-order valence-corrected chi connectivity index (χ3v) is 5.20. The van der Waals surface area contributed by atoms with E-state index in [2.05, 4.69) is 15.5 Å². The van der Waals surface area contributed by atoms with E-state index in [-0.39, 0.29) is 11.3 Å². The molecule has 2 fully saturated rings. The molecule has 6 nitrogen and oxygen atoms in total. The number of carbonyl (C=O) groups excluding carboxylic acids is 1. The minimum Gasteiger partial charge on any atom is -0.352 e. The molecule has 1 aromatic rings. The maximum Gasteiger partial charge on any atom is 0.230 e. The first-order chi connectivity index (χ1) is 10.4. The monoisotopic (exact) mass is 323 g/mol. The molecule has 2 saturated carbocycles. The summed E-state index contributed by atoms with van der Waals surface area (Å²) in [6.07, 6.45) is 5.06. The number of rotatable bonds is 6. The fourth-order valence-corrected chi connectivity index (χ4v) is 3.44. The number of thioether (sulfide) groups is 1. The van der Waals surface area contributed by atoms with Crippen LogP contribution in [0.1, 0.15) is 52.3 Å². The van der Waals surface area contributed by atoms with Gasteiger partial charge in [0, 0.05) is 11.5 Å². The molecule has 1 heterocycles. The van der Waals surface area contributed by atoms with Gasteiger partial charge in [0.1, 0.15) is 0 Å². The number of amides is 1. The number of nitrogens with two attached hydrogens (primary N) is 1. The van der Waals surface area contributed by atoms with E-state index in [0.29, 0.717) is 28.8 Å². The molecule has 0 atom stereocenters. The van der Waals surface area contributed by atoms with Gasteiger partial charge in [0.2, 0.25) is 11.1 Å². The highest BCUT2D eigenvalue weighted by molar-refractivity contribution is 7.99. The molecule has 122 valence electrons. The number of nitrogen functional groups attached to an aromatic ring is 1. The zero-order valence-electron chi connectivity index (χ0n) is 13.5. The van der Waals surface area contributed by atoms with Gasteiger partial charge >= 0.3 is 0 Å². The van der Waals surface area contributed by atoms with Crippen LogP contribution in [0.25, 0.3) is 0 Å². The van der Waals surface area contributed by atoms with Gasteiger partial charge in [0.25, 0.3) is 0 Å². The summed E-state index contributed by atoms with van der Waals surface area (Å²) in [5, 5.41) is 12.0. The molecule has 0 saturated heterocycles. The van der Waals surface area contributed by atoms with E-state index in [1.54, 1.807) is 0 Å². The Hall–Kier alpha value is -1.24. The van der Waals surface area contributed by atoms with Gasteiger partial charge in [-0.15, -0.1) is 10.2 Å². The molecule has 22 heavy (non-hydrogen) atoms. The van der Waals surface area contributed by atoms with Crippen molar-refractivity contribution in [3.8, 4) is 0 Å². The van der Waals surface area contributed by atoms with E-state index < -0.39 is 0 Å². The van der Waals surface area contributed by atoms with Gasteiger partial charge in [-0.1, -0.05) is 32.5 Å². The molecule has 0 radical (unpaired) electrons. The summed E-state index contributed by atoms with van der Waals surface area (Å²) in [6.45, 7) is 6.12. The average Bonchev–Trinajstić information content (AvgIpc) is 3.32. The van der Waals surface area contributed by atoms with Gasteiger partial charge in [-0.2, -0.15) is 0 Å². The number of aromatic nitrogens is 3. The molecular formula is C15H25N5OS. The first-order valence-corrected chi connectivity index (χ1v) is 8.98. The van der Waals surface area contributed by atoms with Crippen molar-refractivity contribution in [2.24, 2.45) is 11.8 Å². The second-order valence-corrected chi connectivity index (χ2v) is 8.43. The van der Waals surface area contributed by atoms with Crippen LogP contribution >= 0.6 is 11.8 Å². The van der Waals surface area contributed by atoms with Crippen LogP contribution in [0.4, 0.5) is 0 Å². The largest absolute Gasteiger partial charge is 0.352 e. The minimum absolute atomic E-state index is 0.0779. The highest BCUT2D eigenvalue weighted by Gasteiger charge is 2.42. The van der Waals surface area contributed by atoms with Crippen LogP contribution in [0.15, 0.2) is 5.16 Å². The Labute approximate surface area is 135 Å². The fraction of sp³-hybridized carbons (Fsp3) is 0.800. The molecule has 3 N–H and O–H groups in total. The van der Waals surface area contributed by atoms with Crippen molar-refractivity contribution in [1.82, 2.24) is 20.2 Å². The van der Waals surface area contributed by atoms with Crippen molar-refractivity contribution >= 4 is 17.7 Å². The van der Waals surface area contributed by atoms with E-state index in [1.165, 1.54) is 42.1 Å². The van der Waals surface area contributed by atoms with Crippen molar-refractivity contribution in [2.75, 3.05) is 11.6 Å². The molecular weight excluding hydrogens is 298 g/mol. The van der Waals surface area contributed by atoms with E-state index in [0.717, 1.165) is 5.82 Å². The van der Waals surface area contributed by atoms with E-state index in [9.17, 15) is 4.79 Å². The van der Waals surface area contributed by atoms with E-state index >= 15 is 0 Å². The number of hydrogen-bond donors (Lipinski definition) is 2. The molecule has 7 heteroatoms. The van der Waals surface area contributed by atoms with Crippen LogP contribution in [-0.2, 0) is 10.2 Å². The standard InChI is InChI=1S/C15H25N5OS/c1-15(2,3)13-18-19-14(20(13)16)22-8-11(21)17-12(9-4-5-9)10-6-7-10/h9-10,12H,4-8,16H2,1-3H3,(H,17,21). The second kappa shape index (κ2) is 5.76. The lowest BCUT2D eigenvalue weighted by Crippen LogP contribution is -2.39. The van der Waals surface area contributed by atoms with Gasteiger partial charge in [0.15, 0.2) is 5.82 Å². The maximum atomic E-state index is 12.2. The molecule has 2 aliphatic rings. The Kier molecular flexibility index (Phi) is 4.09. The number of nitrogens with one attached hydrogen (secondary N) is 1. The molecule has 0 aromatic carbocycles. The predicted octanol–water partition coefficient (Wildman–Crippen LogP) is 1.69. The molecule has 0 aliphatic heterocycles. The molecule has 2 aliphatic carbocycles. The van der Waals surface area contributed by atoms with Crippen LogP contribution in [0.5, 0.6) is 0 Å². The zero-order chi connectivity index (χ0) is 15.9. The van der Waals surface area contributed by atoms with Crippen molar-refractivity contribution in [1.29, 1.82) is 0 Å². The van der Waals surface area contributed by atoms with Gasteiger partial charge in [-0.3, -0.25) is 4.79 Å². The quantitative estimate of drug-likeness (QED) is 0.614. The fourth-order valence-electron chi connectivity index (χ4n) is 2.78. The van der Waals surface area contributed by atoms with Gasteiger partial charge in [-0.25, -0.2) is 4.68 Å². The summed E-state index contributed by atoms with van der Waals surface area (Å²) < 4.78 is 1.50. The minimum atomic E-state index is -0.161. The third-order valence-electron chi connectivity index (χ3n) is 4.26. The van der Waals surface area contributed by atoms with Crippen LogP contribution in [0.3, 0.4) is 0 Å². The number of carbonyl (C=O) groups is 1. The first-order valence-electron chi connectivity index (χ1n) is 7.99. The summed E-state index contributed by atoms with van der Waals surface area (Å²) in [5.41, 5.74) is -0.161. The third kappa shape index (κ3) is 3.56. The topological polar surface area (TPSA) is 85.8 Å². The summed E-state index contributed by atoms with van der Waals surface area (Å²) >= 11 is 1.35. The lowest BCUT2D eigenvalue weighted by Gasteiger charge is -2.18. The van der Waals surface area contributed by atoms with E-state index in [1.807, 2.05) is 20.8 Å². The smallest absolute Gasteiger partial charge is 0.230 e. The lowest BCUT2D eigenvalue weighted by atomic mass is 9.96.